The van der Waals surface area contributed by atoms with Gasteiger partial charge in [0, 0.05) is 5.02 Å². The van der Waals surface area contributed by atoms with Crippen LogP contribution in [-0.4, -0.2) is 13.0 Å². The molecule has 1 N–H and O–H groups in total. The molecule has 3 nitrogen and oxygen atoms in total. The second-order valence-electron chi connectivity index (χ2n) is 4.20. The van der Waals surface area contributed by atoms with Crippen LogP contribution in [0.4, 0.5) is 5.69 Å². The van der Waals surface area contributed by atoms with Crippen LogP contribution in [0.3, 0.4) is 0 Å². The molecule has 2 aromatic rings. The Balaban J connectivity index is 2.07. The number of halogens is 2. The maximum absolute atomic E-state index is 12.0. The van der Waals surface area contributed by atoms with E-state index in [-0.39, 0.29) is 12.3 Å². The zero-order valence-electron chi connectivity index (χ0n) is 10.8. The minimum atomic E-state index is -0.164. The van der Waals surface area contributed by atoms with Crippen molar-refractivity contribution in [1.29, 1.82) is 0 Å². The van der Waals surface area contributed by atoms with Crippen LogP contribution < -0.4 is 10.1 Å². The Labute approximate surface area is 127 Å². The first-order chi connectivity index (χ1) is 9.58. The Morgan fingerprint density at radius 3 is 2.75 bits per heavy atom. The topological polar surface area (TPSA) is 38.3 Å². The Morgan fingerprint density at radius 1 is 1.20 bits per heavy atom. The smallest absolute Gasteiger partial charge is 0.228 e. The molecule has 0 aliphatic heterocycles. The number of ether oxygens (including phenoxy) is 1. The first-order valence-electron chi connectivity index (χ1n) is 5.96. The van der Waals surface area contributed by atoms with Crippen molar-refractivity contribution in [2.24, 2.45) is 0 Å². The third kappa shape index (κ3) is 3.89. The van der Waals surface area contributed by atoms with Gasteiger partial charge in [-0.05, 0) is 35.9 Å². The van der Waals surface area contributed by atoms with Gasteiger partial charge in [-0.25, -0.2) is 0 Å². The molecule has 0 bridgehead atoms. The number of hydrogen-bond donors (Lipinski definition) is 1. The van der Waals surface area contributed by atoms with Gasteiger partial charge in [-0.1, -0.05) is 35.3 Å². The molecule has 0 saturated carbocycles. The molecular formula is C15H13Cl2NO2. The van der Waals surface area contributed by atoms with E-state index in [2.05, 4.69) is 5.32 Å². The summed E-state index contributed by atoms with van der Waals surface area (Å²) in [6.07, 6.45) is 0.236. The first kappa shape index (κ1) is 14.7. The molecule has 0 aliphatic rings. The number of benzene rings is 2. The van der Waals surface area contributed by atoms with E-state index in [1.807, 2.05) is 24.3 Å². The molecule has 1 amide bonds. The zero-order chi connectivity index (χ0) is 14.5. The van der Waals surface area contributed by atoms with Gasteiger partial charge in [0.1, 0.15) is 5.75 Å². The first-order valence-corrected chi connectivity index (χ1v) is 6.72. The lowest BCUT2D eigenvalue weighted by atomic mass is 10.1. The number of carbonyl (C=O) groups is 1. The van der Waals surface area contributed by atoms with Crippen LogP contribution in [0.25, 0.3) is 0 Å². The van der Waals surface area contributed by atoms with E-state index < -0.39 is 0 Å². The largest absolute Gasteiger partial charge is 0.497 e. The molecule has 0 aliphatic carbocycles. The van der Waals surface area contributed by atoms with Gasteiger partial charge >= 0.3 is 0 Å². The maximum atomic E-state index is 12.0. The summed E-state index contributed by atoms with van der Waals surface area (Å²) in [5, 5.41) is 3.71. The number of methoxy groups -OCH3 is 1. The Kier molecular flexibility index (Phi) is 4.88. The van der Waals surface area contributed by atoms with Gasteiger partial charge in [-0.3, -0.25) is 4.79 Å². The molecule has 2 aromatic carbocycles. The van der Waals surface area contributed by atoms with Crippen LogP contribution in [0.2, 0.25) is 10.0 Å². The monoisotopic (exact) mass is 309 g/mol. The molecule has 0 radical (unpaired) electrons. The lowest BCUT2D eigenvalue weighted by Crippen LogP contribution is -2.14. The highest BCUT2D eigenvalue weighted by Gasteiger charge is 2.08. The lowest BCUT2D eigenvalue weighted by Gasteiger charge is -2.08. The zero-order valence-corrected chi connectivity index (χ0v) is 12.3. The van der Waals surface area contributed by atoms with E-state index in [1.165, 1.54) is 0 Å². The summed E-state index contributed by atoms with van der Waals surface area (Å²) in [4.78, 5) is 12.0. The van der Waals surface area contributed by atoms with E-state index in [0.717, 1.165) is 11.3 Å². The normalized spacial score (nSPS) is 10.2. The number of hydrogen-bond acceptors (Lipinski definition) is 2. The van der Waals surface area contributed by atoms with Crippen LogP contribution >= 0.6 is 23.2 Å². The van der Waals surface area contributed by atoms with E-state index in [0.29, 0.717) is 15.7 Å². The minimum Gasteiger partial charge on any atom is -0.497 e. The van der Waals surface area contributed by atoms with E-state index >= 15 is 0 Å². The van der Waals surface area contributed by atoms with Gasteiger partial charge in [0.05, 0.1) is 24.2 Å². The molecule has 2 rings (SSSR count). The lowest BCUT2D eigenvalue weighted by molar-refractivity contribution is -0.115. The van der Waals surface area contributed by atoms with E-state index in [9.17, 15) is 4.79 Å². The average molecular weight is 310 g/mol. The fourth-order valence-electron chi connectivity index (χ4n) is 1.76. The van der Waals surface area contributed by atoms with Crippen molar-refractivity contribution >= 4 is 34.8 Å². The standard InChI is InChI=1S/C15H13Cl2NO2/c1-20-12-4-2-3-10(7-12)8-15(19)18-14-9-11(16)5-6-13(14)17/h2-7,9H,8H2,1H3,(H,18,19). The average Bonchev–Trinajstić information content (AvgIpc) is 2.43. The van der Waals surface area contributed by atoms with Crippen LogP contribution in [0.15, 0.2) is 42.5 Å². The van der Waals surface area contributed by atoms with Crippen molar-refractivity contribution in [1.82, 2.24) is 0 Å². The van der Waals surface area contributed by atoms with E-state index in [4.69, 9.17) is 27.9 Å². The highest BCUT2D eigenvalue weighted by Crippen LogP contribution is 2.25. The number of carbonyl (C=O) groups excluding carboxylic acids is 1. The van der Waals surface area contributed by atoms with Crippen LogP contribution in [0.1, 0.15) is 5.56 Å². The second-order valence-corrected chi connectivity index (χ2v) is 5.04. The number of rotatable bonds is 4. The molecule has 20 heavy (non-hydrogen) atoms. The van der Waals surface area contributed by atoms with Crippen molar-refractivity contribution in [3.63, 3.8) is 0 Å². The fraction of sp³-hybridized carbons (Fsp3) is 0.133. The number of anilines is 1. The molecule has 0 saturated heterocycles. The maximum Gasteiger partial charge on any atom is 0.228 e. The predicted molar refractivity (Wildman–Crippen MR) is 81.8 cm³/mol. The van der Waals surface area contributed by atoms with Crippen LogP contribution in [-0.2, 0) is 11.2 Å². The van der Waals surface area contributed by atoms with Crippen LogP contribution in [0, 0.1) is 0 Å². The van der Waals surface area contributed by atoms with Gasteiger partial charge in [-0.2, -0.15) is 0 Å². The molecule has 0 heterocycles. The van der Waals surface area contributed by atoms with Gasteiger partial charge in [0.25, 0.3) is 0 Å². The van der Waals surface area contributed by atoms with Crippen molar-refractivity contribution in [2.75, 3.05) is 12.4 Å². The molecule has 0 spiro atoms. The summed E-state index contributed by atoms with van der Waals surface area (Å²) in [5.41, 5.74) is 1.37. The predicted octanol–water partition coefficient (Wildman–Crippen LogP) is 4.18. The van der Waals surface area contributed by atoms with Gasteiger partial charge < -0.3 is 10.1 Å². The summed E-state index contributed by atoms with van der Waals surface area (Å²) < 4.78 is 5.12. The van der Waals surface area contributed by atoms with Crippen LogP contribution in [0.5, 0.6) is 5.75 Å². The molecule has 0 unspecified atom stereocenters. The fourth-order valence-corrected chi connectivity index (χ4v) is 2.09. The molecule has 0 atom stereocenters. The molecule has 104 valence electrons. The third-order valence-corrected chi connectivity index (χ3v) is 3.27. The Morgan fingerprint density at radius 2 is 2.00 bits per heavy atom. The van der Waals surface area contributed by atoms with E-state index in [1.54, 1.807) is 25.3 Å². The minimum absolute atomic E-state index is 0.164. The van der Waals surface area contributed by atoms with Gasteiger partial charge in [-0.15, -0.1) is 0 Å². The number of amides is 1. The molecular weight excluding hydrogens is 297 g/mol. The van der Waals surface area contributed by atoms with Crippen molar-refractivity contribution < 1.29 is 9.53 Å². The summed E-state index contributed by atoms with van der Waals surface area (Å²) in [6, 6.07) is 12.3. The third-order valence-electron chi connectivity index (χ3n) is 2.70. The Bertz CT molecular complexity index is 629. The second kappa shape index (κ2) is 6.64. The number of nitrogens with one attached hydrogen (secondary N) is 1. The highest BCUT2D eigenvalue weighted by molar-refractivity contribution is 6.35. The van der Waals surface area contributed by atoms with Crippen molar-refractivity contribution in [3.8, 4) is 5.75 Å². The summed E-state index contributed by atoms with van der Waals surface area (Å²) in [7, 11) is 1.59. The highest BCUT2D eigenvalue weighted by atomic mass is 35.5. The summed E-state index contributed by atoms with van der Waals surface area (Å²) in [6.45, 7) is 0. The SMILES string of the molecule is COc1cccc(CC(=O)Nc2cc(Cl)ccc2Cl)c1. The molecule has 0 aromatic heterocycles. The summed E-state index contributed by atoms with van der Waals surface area (Å²) >= 11 is 11.9. The quantitative estimate of drug-likeness (QED) is 0.920. The van der Waals surface area contributed by atoms with Crippen molar-refractivity contribution in [2.45, 2.75) is 6.42 Å². The van der Waals surface area contributed by atoms with Crippen molar-refractivity contribution in [3.05, 3.63) is 58.1 Å². The van der Waals surface area contributed by atoms with Gasteiger partial charge in [0.15, 0.2) is 0 Å². The molecule has 5 heteroatoms. The Hall–Kier alpha value is -1.71. The summed E-state index contributed by atoms with van der Waals surface area (Å²) in [5.74, 6) is 0.554. The van der Waals surface area contributed by atoms with Gasteiger partial charge in [0.2, 0.25) is 5.91 Å². The molecule has 0 fully saturated rings.